The van der Waals surface area contributed by atoms with Gasteiger partial charge in [-0.1, -0.05) is 12.1 Å². The van der Waals surface area contributed by atoms with Gasteiger partial charge < -0.3 is 15.5 Å². The second-order valence-electron chi connectivity index (χ2n) is 7.08. The molecule has 0 atom stereocenters. The van der Waals surface area contributed by atoms with Gasteiger partial charge >= 0.3 is 0 Å². The molecule has 0 aliphatic carbocycles. The van der Waals surface area contributed by atoms with Crippen molar-refractivity contribution in [1.82, 2.24) is 15.6 Å². The Hall–Kier alpha value is -2.70. The molecule has 1 saturated heterocycles. The van der Waals surface area contributed by atoms with E-state index in [9.17, 15) is 8.78 Å². The summed E-state index contributed by atoms with van der Waals surface area (Å²) >= 11 is 0. The van der Waals surface area contributed by atoms with Crippen molar-refractivity contribution < 1.29 is 8.78 Å². The molecule has 2 heterocycles. The zero-order valence-electron chi connectivity index (χ0n) is 16.4. The molecule has 2 N–H and O–H groups in total. The van der Waals surface area contributed by atoms with E-state index in [1.807, 2.05) is 13.1 Å². The first-order valence-electron chi connectivity index (χ1n) is 9.64. The van der Waals surface area contributed by atoms with E-state index in [1.165, 1.54) is 12.1 Å². The third-order valence-electron chi connectivity index (χ3n) is 4.98. The number of guanidine groups is 1. The number of aliphatic imine (C=N–C) groups is 1. The minimum atomic E-state index is -0.557. The Bertz CT molecular complexity index is 799. The summed E-state index contributed by atoms with van der Waals surface area (Å²) in [6, 6.07) is 8.16. The number of pyridine rings is 1. The molecule has 1 fully saturated rings. The van der Waals surface area contributed by atoms with E-state index in [1.54, 1.807) is 7.05 Å². The summed E-state index contributed by atoms with van der Waals surface area (Å²) in [5.74, 6) is 0.656. The van der Waals surface area contributed by atoms with E-state index in [2.05, 4.69) is 37.6 Å². The average Bonchev–Trinajstić information content (AvgIpc) is 2.70. The Labute approximate surface area is 164 Å². The van der Waals surface area contributed by atoms with Crippen LogP contribution in [-0.2, 0) is 6.42 Å². The first-order chi connectivity index (χ1) is 13.5. The fourth-order valence-corrected chi connectivity index (χ4v) is 3.33. The Balaban J connectivity index is 1.43. The van der Waals surface area contributed by atoms with E-state index in [0.29, 0.717) is 30.5 Å². The molecule has 28 heavy (non-hydrogen) atoms. The number of nitrogens with one attached hydrogen (secondary N) is 2. The summed E-state index contributed by atoms with van der Waals surface area (Å²) in [6.07, 6.45) is 4.34. The lowest BCUT2D eigenvalue weighted by molar-refractivity contribution is 0.459. The van der Waals surface area contributed by atoms with Crippen LogP contribution in [0.5, 0.6) is 0 Å². The lowest BCUT2D eigenvalue weighted by Crippen LogP contribution is -2.49. The zero-order chi connectivity index (χ0) is 19.9. The number of halogens is 2. The third-order valence-corrected chi connectivity index (χ3v) is 4.98. The van der Waals surface area contributed by atoms with Gasteiger partial charge in [-0.25, -0.2) is 13.8 Å². The number of aryl methyl sites for hydroxylation is 1. The van der Waals surface area contributed by atoms with Crippen molar-refractivity contribution in [2.75, 3.05) is 31.6 Å². The Morgan fingerprint density at radius 3 is 2.64 bits per heavy atom. The number of hydrogen-bond acceptors (Lipinski definition) is 3. The van der Waals surface area contributed by atoms with Crippen LogP contribution in [-0.4, -0.2) is 43.7 Å². The zero-order valence-corrected chi connectivity index (χ0v) is 16.4. The molecule has 1 aliphatic rings. The summed E-state index contributed by atoms with van der Waals surface area (Å²) in [6.45, 7) is 4.43. The van der Waals surface area contributed by atoms with E-state index in [0.717, 1.165) is 43.4 Å². The molecule has 2 aromatic rings. The predicted molar refractivity (Wildman–Crippen MR) is 109 cm³/mol. The van der Waals surface area contributed by atoms with Crippen LogP contribution in [0.2, 0.25) is 0 Å². The highest BCUT2D eigenvalue weighted by molar-refractivity contribution is 5.80. The monoisotopic (exact) mass is 387 g/mol. The van der Waals surface area contributed by atoms with Crippen molar-refractivity contribution >= 4 is 11.8 Å². The molecule has 1 aromatic carbocycles. The Morgan fingerprint density at radius 1 is 1.21 bits per heavy atom. The summed E-state index contributed by atoms with van der Waals surface area (Å²) in [5.41, 5.74) is 1.65. The van der Waals surface area contributed by atoms with Crippen molar-refractivity contribution in [2.45, 2.75) is 32.2 Å². The number of nitrogens with zero attached hydrogens (tertiary/aromatic N) is 3. The minimum Gasteiger partial charge on any atom is -0.356 e. The molecule has 7 heteroatoms. The van der Waals surface area contributed by atoms with Gasteiger partial charge in [0.2, 0.25) is 0 Å². The molecule has 5 nitrogen and oxygen atoms in total. The van der Waals surface area contributed by atoms with E-state index >= 15 is 0 Å². The van der Waals surface area contributed by atoms with Gasteiger partial charge in [-0.2, -0.15) is 0 Å². The van der Waals surface area contributed by atoms with Crippen LogP contribution >= 0.6 is 0 Å². The number of hydrogen-bond donors (Lipinski definition) is 2. The fraction of sp³-hybridized carbons (Fsp3) is 0.429. The summed E-state index contributed by atoms with van der Waals surface area (Å²) in [4.78, 5) is 11.0. The van der Waals surface area contributed by atoms with Gasteiger partial charge in [-0.15, -0.1) is 0 Å². The second kappa shape index (κ2) is 9.48. The van der Waals surface area contributed by atoms with Crippen LogP contribution in [0, 0.1) is 18.6 Å². The van der Waals surface area contributed by atoms with E-state index in [4.69, 9.17) is 0 Å². The standard InChI is InChI=1S/C21H27F2N5/c1-15-3-6-20(26-14-15)28-11-8-18(9-12-28)27-21(24-2)25-10-7-16-4-5-17(22)13-19(16)23/h3-6,13-14,18H,7-12H2,1-2H3,(H2,24,25,27). The number of aromatic nitrogens is 1. The number of benzene rings is 1. The average molecular weight is 387 g/mol. The molecular formula is C21H27F2N5. The van der Waals surface area contributed by atoms with Gasteiger partial charge in [0.05, 0.1) is 0 Å². The highest BCUT2D eigenvalue weighted by Gasteiger charge is 2.20. The maximum atomic E-state index is 13.7. The molecular weight excluding hydrogens is 360 g/mol. The molecule has 0 spiro atoms. The minimum absolute atomic E-state index is 0.329. The van der Waals surface area contributed by atoms with Crippen molar-refractivity contribution in [3.05, 3.63) is 59.3 Å². The van der Waals surface area contributed by atoms with Crippen LogP contribution in [0.4, 0.5) is 14.6 Å². The number of piperidine rings is 1. The smallest absolute Gasteiger partial charge is 0.191 e. The van der Waals surface area contributed by atoms with Crippen molar-refractivity contribution in [2.24, 2.45) is 4.99 Å². The molecule has 150 valence electrons. The summed E-state index contributed by atoms with van der Waals surface area (Å²) in [7, 11) is 1.72. The lowest BCUT2D eigenvalue weighted by atomic mass is 10.1. The normalized spacial score (nSPS) is 15.6. The highest BCUT2D eigenvalue weighted by atomic mass is 19.1. The van der Waals surface area contributed by atoms with Gasteiger partial charge in [0.25, 0.3) is 0 Å². The SMILES string of the molecule is CN=C(NCCc1ccc(F)cc1F)NC1CCN(c2ccc(C)cn2)CC1. The summed E-state index contributed by atoms with van der Waals surface area (Å²) < 4.78 is 26.7. The van der Waals surface area contributed by atoms with Crippen molar-refractivity contribution in [3.63, 3.8) is 0 Å². The first kappa shape index (κ1) is 20.0. The molecule has 1 aromatic heterocycles. The molecule has 3 rings (SSSR count). The summed E-state index contributed by atoms with van der Waals surface area (Å²) in [5, 5.41) is 6.64. The highest BCUT2D eigenvalue weighted by Crippen LogP contribution is 2.18. The molecule has 0 amide bonds. The van der Waals surface area contributed by atoms with Gasteiger partial charge in [0, 0.05) is 45.0 Å². The first-order valence-corrected chi connectivity index (χ1v) is 9.64. The van der Waals surface area contributed by atoms with Gasteiger partial charge in [-0.05, 0) is 49.4 Å². The topological polar surface area (TPSA) is 52.6 Å². The molecule has 0 radical (unpaired) electrons. The van der Waals surface area contributed by atoms with Gasteiger partial charge in [0.15, 0.2) is 5.96 Å². The van der Waals surface area contributed by atoms with E-state index in [-0.39, 0.29) is 0 Å². The fourth-order valence-electron chi connectivity index (χ4n) is 3.33. The maximum absolute atomic E-state index is 13.7. The van der Waals surface area contributed by atoms with Crippen LogP contribution in [0.3, 0.4) is 0 Å². The van der Waals surface area contributed by atoms with Crippen molar-refractivity contribution in [3.8, 4) is 0 Å². The lowest BCUT2D eigenvalue weighted by Gasteiger charge is -2.33. The second-order valence-corrected chi connectivity index (χ2v) is 7.08. The Kier molecular flexibility index (Phi) is 6.79. The van der Waals surface area contributed by atoms with Crippen LogP contribution in [0.25, 0.3) is 0 Å². The largest absolute Gasteiger partial charge is 0.356 e. The maximum Gasteiger partial charge on any atom is 0.191 e. The van der Waals surface area contributed by atoms with Gasteiger partial charge in [-0.3, -0.25) is 4.99 Å². The number of rotatable bonds is 5. The van der Waals surface area contributed by atoms with Gasteiger partial charge in [0.1, 0.15) is 17.5 Å². The number of anilines is 1. The van der Waals surface area contributed by atoms with Crippen LogP contribution in [0.15, 0.2) is 41.5 Å². The van der Waals surface area contributed by atoms with Crippen molar-refractivity contribution in [1.29, 1.82) is 0 Å². The van der Waals surface area contributed by atoms with E-state index < -0.39 is 11.6 Å². The van der Waals surface area contributed by atoms with Crippen LogP contribution < -0.4 is 15.5 Å². The quantitative estimate of drug-likeness (QED) is 0.612. The molecule has 1 aliphatic heterocycles. The van der Waals surface area contributed by atoms with Crippen LogP contribution in [0.1, 0.15) is 24.0 Å². The predicted octanol–water partition coefficient (Wildman–Crippen LogP) is 3.04. The molecule has 0 unspecified atom stereocenters. The molecule has 0 bridgehead atoms. The Morgan fingerprint density at radius 2 is 2.00 bits per heavy atom. The third kappa shape index (κ3) is 5.41. The molecule has 0 saturated carbocycles.